The van der Waals surface area contributed by atoms with Crippen LogP contribution in [0, 0.1) is 34.5 Å². The minimum atomic E-state index is -1.61. The molecule has 0 aromatic heterocycles. The van der Waals surface area contributed by atoms with Gasteiger partial charge in [0.2, 0.25) is 0 Å². The average Bonchev–Trinajstić information content (AvgIpc) is 2.84. The molecule has 5 nitrogen and oxygen atoms in total. The van der Waals surface area contributed by atoms with Gasteiger partial charge in [0.25, 0.3) is 0 Å². The molecule has 0 radical (unpaired) electrons. The molecule has 0 saturated heterocycles. The summed E-state index contributed by atoms with van der Waals surface area (Å²) in [5.41, 5.74) is -2.56. The van der Waals surface area contributed by atoms with Gasteiger partial charge in [0.1, 0.15) is 18.0 Å². The SMILES string of the molecule is C[C@@H]1C[C@H]2[C@@H]3CC[C@H]4CC(=O)CC[C@]4(C)[C@@]3(Br)[C@@H](O)C[C@]2(C)[C@@]1(O)C(=O)CO. The number of hydrogen-bond donors (Lipinski definition) is 3. The van der Waals surface area contributed by atoms with Crippen molar-refractivity contribution in [2.24, 2.45) is 34.5 Å². The summed E-state index contributed by atoms with van der Waals surface area (Å²) in [4.78, 5) is 24.8. The zero-order valence-corrected chi connectivity index (χ0v) is 18.7. The van der Waals surface area contributed by atoms with E-state index in [4.69, 9.17) is 0 Å². The van der Waals surface area contributed by atoms with Gasteiger partial charge in [0, 0.05) is 18.3 Å². The van der Waals surface area contributed by atoms with Gasteiger partial charge in [-0.15, -0.1) is 0 Å². The topological polar surface area (TPSA) is 94.8 Å². The molecule has 0 aliphatic heterocycles. The van der Waals surface area contributed by atoms with Crippen LogP contribution in [0.3, 0.4) is 0 Å². The van der Waals surface area contributed by atoms with E-state index in [9.17, 15) is 24.9 Å². The molecular formula is C22H33BrO5. The maximum atomic E-state index is 12.6. The number of rotatable bonds is 2. The van der Waals surface area contributed by atoms with Gasteiger partial charge in [-0.25, -0.2) is 0 Å². The number of alkyl halides is 1. The van der Waals surface area contributed by atoms with Crippen LogP contribution in [0.2, 0.25) is 0 Å². The molecular weight excluding hydrogens is 424 g/mol. The molecule has 9 atom stereocenters. The molecule has 0 amide bonds. The third kappa shape index (κ3) is 2.24. The van der Waals surface area contributed by atoms with Gasteiger partial charge in [-0.05, 0) is 61.2 Å². The van der Waals surface area contributed by atoms with Gasteiger partial charge >= 0.3 is 0 Å². The predicted octanol–water partition coefficient (Wildman–Crippen LogP) is 2.63. The van der Waals surface area contributed by atoms with Crippen LogP contribution >= 0.6 is 15.9 Å². The Hall–Kier alpha value is -0.300. The van der Waals surface area contributed by atoms with Gasteiger partial charge in [-0.2, -0.15) is 0 Å². The molecule has 3 N–H and O–H groups in total. The second-order valence-electron chi connectivity index (χ2n) is 10.5. The molecule has 4 rings (SSSR count). The van der Waals surface area contributed by atoms with Crippen LogP contribution in [0.5, 0.6) is 0 Å². The zero-order valence-electron chi connectivity index (χ0n) is 17.1. The first-order chi connectivity index (χ1) is 13.0. The Bertz CT molecular complexity index is 711. The summed E-state index contributed by atoms with van der Waals surface area (Å²) < 4.78 is -0.513. The van der Waals surface area contributed by atoms with Crippen molar-refractivity contribution >= 4 is 27.5 Å². The summed E-state index contributed by atoms with van der Waals surface area (Å²) >= 11 is 4.05. The molecule has 0 unspecified atom stereocenters. The van der Waals surface area contributed by atoms with Crippen LogP contribution < -0.4 is 0 Å². The van der Waals surface area contributed by atoms with E-state index in [-0.39, 0.29) is 29.1 Å². The fourth-order valence-corrected chi connectivity index (χ4v) is 9.33. The lowest BCUT2D eigenvalue weighted by Gasteiger charge is -2.66. The first-order valence-electron chi connectivity index (χ1n) is 10.7. The first kappa shape index (κ1) is 21.0. The van der Waals surface area contributed by atoms with Crippen LogP contribution in [-0.4, -0.2) is 49.5 Å². The molecule has 4 aliphatic rings. The van der Waals surface area contributed by atoms with Crippen molar-refractivity contribution in [1.29, 1.82) is 0 Å². The maximum Gasteiger partial charge on any atom is 0.190 e. The van der Waals surface area contributed by atoms with Gasteiger partial charge in [0.15, 0.2) is 5.78 Å². The highest BCUT2D eigenvalue weighted by atomic mass is 79.9. The van der Waals surface area contributed by atoms with Crippen molar-refractivity contribution in [2.75, 3.05) is 6.61 Å². The van der Waals surface area contributed by atoms with Crippen LogP contribution in [0.1, 0.15) is 65.7 Å². The molecule has 0 spiro atoms. The molecule has 0 bridgehead atoms. The Labute approximate surface area is 175 Å². The standard InChI is InChI=1S/C22H33BrO5/c1-12-8-16-15-5-4-13-9-14(25)6-7-19(13,2)21(15,23)17(26)10-20(16,3)22(12,28)18(27)11-24/h12-13,15-17,24,26,28H,4-11H2,1-3H3/t12-,13+,15+,16+,17+,19+,20+,21+,22+/m1/s1. The highest BCUT2D eigenvalue weighted by Gasteiger charge is 2.74. The van der Waals surface area contributed by atoms with E-state index in [0.29, 0.717) is 31.5 Å². The van der Waals surface area contributed by atoms with Crippen molar-refractivity contribution in [3.05, 3.63) is 0 Å². The summed E-state index contributed by atoms with van der Waals surface area (Å²) in [6, 6.07) is 0. The number of carbonyl (C=O) groups excluding carboxylic acids is 2. The zero-order chi connectivity index (χ0) is 20.7. The van der Waals surface area contributed by atoms with Gasteiger partial charge in [-0.1, -0.05) is 36.7 Å². The number of fused-ring (bicyclic) bond motifs is 5. The normalized spacial score (nSPS) is 56.0. The number of halogens is 1. The molecule has 6 heteroatoms. The fraction of sp³-hybridized carbons (Fsp3) is 0.909. The number of hydrogen-bond acceptors (Lipinski definition) is 5. The number of Topliss-reactive ketones (excluding diaryl/α,β-unsaturated/α-hetero) is 2. The van der Waals surface area contributed by atoms with Gasteiger partial charge in [-0.3, -0.25) is 9.59 Å². The summed E-state index contributed by atoms with van der Waals surface area (Å²) in [7, 11) is 0. The van der Waals surface area contributed by atoms with E-state index in [1.54, 1.807) is 0 Å². The Balaban J connectivity index is 1.79. The minimum absolute atomic E-state index is 0.0844. The molecule has 0 aromatic carbocycles. The lowest BCUT2D eigenvalue weighted by atomic mass is 9.43. The Morgan fingerprint density at radius 1 is 1.21 bits per heavy atom. The Morgan fingerprint density at radius 2 is 1.89 bits per heavy atom. The molecule has 4 aliphatic carbocycles. The number of carbonyl (C=O) groups is 2. The monoisotopic (exact) mass is 456 g/mol. The van der Waals surface area contributed by atoms with E-state index in [0.717, 1.165) is 19.3 Å². The number of aliphatic hydroxyl groups is 3. The first-order valence-corrected chi connectivity index (χ1v) is 11.5. The van der Waals surface area contributed by atoms with Crippen LogP contribution in [0.4, 0.5) is 0 Å². The Kier molecular flexibility index (Phi) is 4.75. The highest BCUT2D eigenvalue weighted by molar-refractivity contribution is 9.10. The highest BCUT2D eigenvalue weighted by Crippen LogP contribution is 2.72. The largest absolute Gasteiger partial charge is 0.392 e. The van der Waals surface area contributed by atoms with E-state index < -0.39 is 33.8 Å². The number of ketones is 2. The van der Waals surface area contributed by atoms with Gasteiger partial charge < -0.3 is 15.3 Å². The molecule has 4 saturated carbocycles. The van der Waals surface area contributed by atoms with Gasteiger partial charge in [0.05, 0.1) is 10.4 Å². The van der Waals surface area contributed by atoms with Crippen LogP contribution in [0.15, 0.2) is 0 Å². The molecule has 4 fully saturated rings. The maximum absolute atomic E-state index is 12.6. The molecule has 28 heavy (non-hydrogen) atoms. The van der Waals surface area contributed by atoms with Crippen molar-refractivity contribution in [2.45, 2.75) is 81.7 Å². The van der Waals surface area contributed by atoms with E-state index >= 15 is 0 Å². The minimum Gasteiger partial charge on any atom is -0.392 e. The van der Waals surface area contributed by atoms with Crippen molar-refractivity contribution in [3.8, 4) is 0 Å². The molecule has 0 aromatic rings. The summed E-state index contributed by atoms with van der Waals surface area (Å²) in [6.07, 6.45) is 4.06. The van der Waals surface area contributed by atoms with Crippen LogP contribution in [0.25, 0.3) is 0 Å². The smallest absolute Gasteiger partial charge is 0.190 e. The van der Waals surface area contributed by atoms with Crippen molar-refractivity contribution in [3.63, 3.8) is 0 Å². The summed E-state index contributed by atoms with van der Waals surface area (Å²) in [6.45, 7) is 5.38. The van der Waals surface area contributed by atoms with Crippen LogP contribution in [-0.2, 0) is 9.59 Å². The lowest BCUT2D eigenvalue weighted by molar-refractivity contribution is -0.190. The Morgan fingerprint density at radius 3 is 2.54 bits per heavy atom. The second kappa shape index (κ2) is 6.35. The van der Waals surface area contributed by atoms with Crippen molar-refractivity contribution in [1.82, 2.24) is 0 Å². The fourth-order valence-electron chi connectivity index (χ4n) is 8.10. The van der Waals surface area contributed by atoms with E-state index in [2.05, 4.69) is 22.9 Å². The second-order valence-corrected chi connectivity index (χ2v) is 11.8. The van der Waals surface area contributed by atoms with Crippen molar-refractivity contribution < 1.29 is 24.9 Å². The summed E-state index contributed by atoms with van der Waals surface area (Å²) in [5.74, 6) is 0.00896. The number of aliphatic hydroxyl groups excluding tert-OH is 2. The predicted molar refractivity (Wildman–Crippen MR) is 108 cm³/mol. The third-order valence-electron chi connectivity index (χ3n) is 9.71. The third-order valence-corrected chi connectivity index (χ3v) is 11.7. The lowest BCUT2D eigenvalue weighted by Crippen LogP contribution is -2.70. The average molecular weight is 457 g/mol. The molecule has 158 valence electrons. The quantitative estimate of drug-likeness (QED) is 0.555. The van der Waals surface area contributed by atoms with E-state index in [1.165, 1.54) is 0 Å². The summed E-state index contributed by atoms with van der Waals surface area (Å²) in [5, 5.41) is 32.6. The van der Waals surface area contributed by atoms with E-state index in [1.807, 2.05) is 13.8 Å². The molecule has 0 heterocycles.